The molecule has 2 saturated heterocycles. The zero-order valence-electron chi connectivity index (χ0n) is 18.1. The molecule has 154 valence electrons. The fourth-order valence-corrected chi connectivity index (χ4v) is 4.71. The Balaban J connectivity index is 1.50. The van der Waals surface area contributed by atoms with E-state index in [2.05, 4.69) is 56.2 Å². The quantitative estimate of drug-likeness (QED) is 0.765. The van der Waals surface area contributed by atoms with Crippen molar-refractivity contribution in [2.24, 2.45) is 0 Å². The van der Waals surface area contributed by atoms with Crippen LogP contribution in [0.5, 0.6) is 0 Å². The third kappa shape index (κ3) is 3.35. The van der Waals surface area contributed by atoms with Gasteiger partial charge in [-0.3, -0.25) is 0 Å². The van der Waals surface area contributed by atoms with Crippen LogP contribution in [0.25, 0.3) is 11.3 Å². The highest BCUT2D eigenvalue weighted by molar-refractivity contribution is 6.62. The Morgan fingerprint density at radius 1 is 1.03 bits per heavy atom. The third-order valence-corrected chi connectivity index (χ3v) is 7.22. The zero-order valence-corrected chi connectivity index (χ0v) is 18.1. The molecule has 2 aliphatic heterocycles. The minimum Gasteiger partial charge on any atom is -0.399 e. The molecule has 1 atom stereocenters. The predicted octanol–water partition coefficient (Wildman–Crippen LogP) is 3.68. The number of aromatic amines is 1. The summed E-state index contributed by atoms with van der Waals surface area (Å²) in [4.78, 5) is 8.72. The molecule has 1 aromatic heterocycles. The molecular formula is C23H32BN3O2. The van der Waals surface area contributed by atoms with E-state index in [-0.39, 0.29) is 18.3 Å². The number of benzene rings is 1. The van der Waals surface area contributed by atoms with Crippen molar-refractivity contribution in [2.75, 3.05) is 6.54 Å². The summed E-state index contributed by atoms with van der Waals surface area (Å²) >= 11 is 0. The second kappa shape index (κ2) is 6.97. The molecule has 1 aromatic carbocycles. The van der Waals surface area contributed by atoms with E-state index in [4.69, 9.17) is 14.3 Å². The van der Waals surface area contributed by atoms with Gasteiger partial charge in [-0.2, -0.15) is 0 Å². The Kier molecular flexibility index (Phi) is 4.65. The van der Waals surface area contributed by atoms with E-state index in [0.29, 0.717) is 6.04 Å². The number of aromatic nitrogens is 2. The van der Waals surface area contributed by atoms with Crippen molar-refractivity contribution in [3.8, 4) is 11.3 Å². The maximum Gasteiger partial charge on any atom is 0.494 e. The van der Waals surface area contributed by atoms with Crippen LogP contribution in [0.4, 0.5) is 0 Å². The SMILES string of the molecule is CC1(C)OB(c2ccc3c(c2)CCCCc2[nH]c(C4CCCN4)nc2-3)OC1(C)C. The average Bonchev–Trinajstić information content (AvgIpc) is 3.35. The van der Waals surface area contributed by atoms with Crippen LogP contribution >= 0.6 is 0 Å². The molecule has 0 radical (unpaired) electrons. The molecule has 1 aliphatic carbocycles. The van der Waals surface area contributed by atoms with Crippen LogP contribution in [0.2, 0.25) is 0 Å². The lowest BCUT2D eigenvalue weighted by Gasteiger charge is -2.32. The summed E-state index contributed by atoms with van der Waals surface area (Å²) < 4.78 is 12.6. The minimum absolute atomic E-state index is 0.312. The first-order chi connectivity index (χ1) is 13.8. The van der Waals surface area contributed by atoms with Gasteiger partial charge in [0.05, 0.1) is 22.9 Å². The Morgan fingerprint density at radius 3 is 2.52 bits per heavy atom. The molecule has 0 spiro atoms. The zero-order chi connectivity index (χ0) is 20.2. The number of aryl methyl sites for hydroxylation is 2. The Morgan fingerprint density at radius 2 is 1.79 bits per heavy atom. The molecule has 3 aliphatic rings. The molecule has 29 heavy (non-hydrogen) atoms. The fraction of sp³-hybridized carbons (Fsp3) is 0.609. The molecule has 2 aromatic rings. The Hall–Kier alpha value is -1.63. The number of H-pyrrole nitrogens is 1. The van der Waals surface area contributed by atoms with Gasteiger partial charge in [0.1, 0.15) is 5.82 Å². The van der Waals surface area contributed by atoms with E-state index in [1.807, 2.05) is 0 Å². The van der Waals surface area contributed by atoms with Gasteiger partial charge in [0, 0.05) is 11.3 Å². The maximum atomic E-state index is 6.29. The predicted molar refractivity (Wildman–Crippen MR) is 116 cm³/mol. The van der Waals surface area contributed by atoms with Crippen LogP contribution in [-0.2, 0) is 22.2 Å². The fourth-order valence-electron chi connectivity index (χ4n) is 4.71. The topological polar surface area (TPSA) is 59.2 Å². The summed E-state index contributed by atoms with van der Waals surface area (Å²) in [5.74, 6) is 1.11. The lowest BCUT2D eigenvalue weighted by atomic mass is 9.76. The first kappa shape index (κ1) is 19.3. The Labute approximate surface area is 174 Å². The van der Waals surface area contributed by atoms with Crippen LogP contribution in [-0.4, -0.2) is 34.8 Å². The number of imidazole rings is 1. The first-order valence-corrected chi connectivity index (χ1v) is 11.1. The van der Waals surface area contributed by atoms with Crippen LogP contribution in [0.15, 0.2) is 18.2 Å². The molecule has 2 N–H and O–H groups in total. The van der Waals surface area contributed by atoms with Crippen LogP contribution in [0.1, 0.15) is 76.5 Å². The van der Waals surface area contributed by atoms with E-state index < -0.39 is 0 Å². The molecule has 2 fully saturated rings. The van der Waals surface area contributed by atoms with Crippen molar-refractivity contribution < 1.29 is 9.31 Å². The van der Waals surface area contributed by atoms with Crippen LogP contribution < -0.4 is 10.8 Å². The van der Waals surface area contributed by atoms with Gasteiger partial charge in [-0.25, -0.2) is 4.98 Å². The maximum absolute atomic E-state index is 6.29. The van der Waals surface area contributed by atoms with E-state index >= 15 is 0 Å². The highest BCUT2D eigenvalue weighted by Crippen LogP contribution is 2.37. The van der Waals surface area contributed by atoms with Gasteiger partial charge < -0.3 is 19.6 Å². The molecule has 0 saturated carbocycles. The van der Waals surface area contributed by atoms with Crippen LogP contribution in [0.3, 0.4) is 0 Å². The van der Waals surface area contributed by atoms with Gasteiger partial charge in [-0.1, -0.05) is 18.2 Å². The second-order valence-electron chi connectivity index (χ2n) is 9.81. The van der Waals surface area contributed by atoms with Gasteiger partial charge >= 0.3 is 7.12 Å². The first-order valence-electron chi connectivity index (χ1n) is 11.1. The van der Waals surface area contributed by atoms with Gasteiger partial charge in [0.15, 0.2) is 0 Å². The molecule has 1 unspecified atom stereocenters. The summed E-state index contributed by atoms with van der Waals surface area (Å²) in [6, 6.07) is 7.05. The molecule has 3 heterocycles. The molecule has 0 amide bonds. The van der Waals surface area contributed by atoms with Crippen molar-refractivity contribution in [2.45, 2.75) is 83.5 Å². The molecule has 5 rings (SSSR count). The molecule has 0 bridgehead atoms. The average molecular weight is 393 g/mol. The van der Waals surface area contributed by atoms with Crippen molar-refractivity contribution in [3.63, 3.8) is 0 Å². The normalized spacial score (nSPS) is 25.4. The number of rotatable bonds is 2. The van der Waals surface area contributed by atoms with Crippen molar-refractivity contribution in [1.82, 2.24) is 15.3 Å². The van der Waals surface area contributed by atoms with E-state index in [0.717, 1.165) is 36.4 Å². The third-order valence-electron chi connectivity index (χ3n) is 7.22. The molecular weight excluding hydrogens is 361 g/mol. The Bertz CT molecular complexity index is 899. The molecule has 5 nitrogen and oxygen atoms in total. The largest absolute Gasteiger partial charge is 0.494 e. The van der Waals surface area contributed by atoms with Gasteiger partial charge in [-0.05, 0) is 83.8 Å². The van der Waals surface area contributed by atoms with E-state index in [1.165, 1.54) is 42.5 Å². The number of hydrogen-bond acceptors (Lipinski definition) is 4. The number of fused-ring (bicyclic) bond motifs is 3. The minimum atomic E-state index is -0.319. The second-order valence-corrected chi connectivity index (χ2v) is 9.81. The van der Waals surface area contributed by atoms with E-state index in [9.17, 15) is 0 Å². The number of nitrogens with zero attached hydrogens (tertiary/aromatic N) is 1. The summed E-state index contributed by atoms with van der Waals surface area (Å²) in [7, 11) is -0.312. The highest BCUT2D eigenvalue weighted by atomic mass is 16.7. The van der Waals surface area contributed by atoms with Gasteiger partial charge in [-0.15, -0.1) is 0 Å². The van der Waals surface area contributed by atoms with E-state index in [1.54, 1.807) is 0 Å². The highest BCUT2D eigenvalue weighted by Gasteiger charge is 2.51. The molecule has 6 heteroatoms. The van der Waals surface area contributed by atoms with Crippen LogP contribution in [0, 0.1) is 0 Å². The lowest BCUT2D eigenvalue weighted by Crippen LogP contribution is -2.41. The summed E-state index contributed by atoms with van der Waals surface area (Å²) in [5.41, 5.74) is 5.52. The lowest BCUT2D eigenvalue weighted by molar-refractivity contribution is 0.00578. The standard InChI is InChI=1S/C23H32BN3O2/c1-22(2)23(3,4)29-24(28-22)16-11-12-17-15(14-16)8-5-6-9-18-20(17)27-21(26-18)19-10-7-13-25-19/h11-12,14,19,25H,5-10,13H2,1-4H3,(H,26,27). The summed E-state index contributed by atoms with van der Waals surface area (Å²) in [6.45, 7) is 9.51. The summed E-state index contributed by atoms with van der Waals surface area (Å²) in [5, 5.41) is 3.57. The summed E-state index contributed by atoms with van der Waals surface area (Å²) in [6.07, 6.45) is 6.92. The van der Waals surface area contributed by atoms with Crippen molar-refractivity contribution >= 4 is 12.6 Å². The van der Waals surface area contributed by atoms with Crippen molar-refractivity contribution in [3.05, 3.63) is 35.3 Å². The number of nitrogens with one attached hydrogen (secondary N) is 2. The van der Waals surface area contributed by atoms with Gasteiger partial charge in [0.2, 0.25) is 0 Å². The van der Waals surface area contributed by atoms with Crippen molar-refractivity contribution in [1.29, 1.82) is 0 Å². The monoisotopic (exact) mass is 393 g/mol. The smallest absolute Gasteiger partial charge is 0.399 e. The number of hydrogen-bond donors (Lipinski definition) is 2. The van der Waals surface area contributed by atoms with Gasteiger partial charge in [0.25, 0.3) is 0 Å².